The van der Waals surface area contributed by atoms with E-state index in [-0.39, 0.29) is 5.97 Å². The van der Waals surface area contributed by atoms with E-state index < -0.39 is 0 Å². The zero-order chi connectivity index (χ0) is 13.2. The molecular formula is C16H18O2. The number of rotatable bonds is 4. The van der Waals surface area contributed by atoms with E-state index in [1.165, 1.54) is 7.11 Å². The number of esters is 1. The van der Waals surface area contributed by atoms with Crippen LogP contribution in [0.3, 0.4) is 0 Å². The molecule has 1 aromatic carbocycles. The predicted octanol–water partition coefficient (Wildman–Crippen LogP) is 3.33. The highest BCUT2D eigenvalue weighted by Crippen LogP contribution is 2.08. The molecule has 2 heteroatoms. The second-order valence-electron chi connectivity index (χ2n) is 3.90. The number of carbonyl (C=O) groups is 1. The van der Waals surface area contributed by atoms with Crippen molar-refractivity contribution in [2.24, 2.45) is 0 Å². The van der Waals surface area contributed by atoms with Crippen LogP contribution in [0.4, 0.5) is 0 Å². The maximum Gasteiger partial charge on any atom is 0.334 e. The van der Waals surface area contributed by atoms with Crippen LogP contribution in [-0.4, -0.2) is 13.1 Å². The molecule has 0 saturated heterocycles. The van der Waals surface area contributed by atoms with Gasteiger partial charge in [0, 0.05) is 11.1 Å². The largest absolute Gasteiger partial charge is 0.466 e. The van der Waals surface area contributed by atoms with Crippen molar-refractivity contribution in [3.05, 3.63) is 47.5 Å². The molecule has 0 saturated carbocycles. The van der Waals surface area contributed by atoms with Crippen LogP contribution in [0.15, 0.2) is 42.0 Å². The van der Waals surface area contributed by atoms with E-state index in [1.54, 1.807) is 6.08 Å². The molecule has 0 unspecified atom stereocenters. The van der Waals surface area contributed by atoms with Gasteiger partial charge in [-0.05, 0) is 31.1 Å². The van der Waals surface area contributed by atoms with E-state index in [0.29, 0.717) is 12.0 Å². The Morgan fingerprint density at radius 3 is 2.67 bits per heavy atom. The molecule has 0 bridgehead atoms. The first-order valence-corrected chi connectivity index (χ1v) is 6.12. The van der Waals surface area contributed by atoms with Gasteiger partial charge in [-0.2, -0.15) is 0 Å². The standard InChI is InChI=1S/C16H18O2/c1-3-4-12-15(16(17)18-2)13-8-11-14-9-6-5-7-10-14/h5-7,9-10,13H,3-4,12H2,1-2H3/b15-13+. The average Bonchev–Trinajstić information content (AvgIpc) is 2.43. The van der Waals surface area contributed by atoms with Gasteiger partial charge in [-0.3, -0.25) is 0 Å². The normalized spacial score (nSPS) is 10.4. The Kier molecular flexibility index (Phi) is 6.35. The molecule has 0 amide bonds. The van der Waals surface area contributed by atoms with E-state index >= 15 is 0 Å². The van der Waals surface area contributed by atoms with Crippen molar-refractivity contribution in [3.63, 3.8) is 0 Å². The first-order valence-electron chi connectivity index (χ1n) is 6.12. The van der Waals surface area contributed by atoms with Crippen molar-refractivity contribution in [1.29, 1.82) is 0 Å². The zero-order valence-electron chi connectivity index (χ0n) is 10.9. The molecule has 0 atom stereocenters. The summed E-state index contributed by atoms with van der Waals surface area (Å²) in [6.45, 7) is 2.09. The van der Waals surface area contributed by atoms with Gasteiger partial charge in [0.25, 0.3) is 0 Å². The Morgan fingerprint density at radius 2 is 2.06 bits per heavy atom. The van der Waals surface area contributed by atoms with E-state index in [2.05, 4.69) is 18.8 Å². The minimum absolute atomic E-state index is 0.286. The minimum Gasteiger partial charge on any atom is -0.466 e. The molecule has 0 aliphatic heterocycles. The molecule has 0 radical (unpaired) electrons. The number of benzene rings is 1. The second-order valence-corrected chi connectivity index (χ2v) is 3.90. The van der Waals surface area contributed by atoms with Crippen LogP contribution >= 0.6 is 0 Å². The lowest BCUT2D eigenvalue weighted by molar-refractivity contribution is -0.136. The Bertz CT molecular complexity index is 461. The molecule has 0 fully saturated rings. The monoisotopic (exact) mass is 242 g/mol. The smallest absolute Gasteiger partial charge is 0.334 e. The van der Waals surface area contributed by atoms with E-state index in [1.807, 2.05) is 30.3 Å². The summed E-state index contributed by atoms with van der Waals surface area (Å²) in [6.07, 6.45) is 4.38. The summed E-state index contributed by atoms with van der Waals surface area (Å²) in [5.74, 6) is 5.62. The van der Waals surface area contributed by atoms with Crippen LogP contribution < -0.4 is 0 Å². The summed E-state index contributed by atoms with van der Waals surface area (Å²) >= 11 is 0. The topological polar surface area (TPSA) is 26.3 Å². The van der Waals surface area contributed by atoms with Crippen molar-refractivity contribution in [3.8, 4) is 11.8 Å². The molecule has 0 aromatic heterocycles. The molecule has 0 aliphatic carbocycles. The van der Waals surface area contributed by atoms with E-state index in [4.69, 9.17) is 4.74 Å². The van der Waals surface area contributed by atoms with Crippen LogP contribution in [0.5, 0.6) is 0 Å². The van der Waals surface area contributed by atoms with Crippen molar-refractivity contribution in [1.82, 2.24) is 0 Å². The number of hydrogen-bond donors (Lipinski definition) is 0. The third-order valence-electron chi connectivity index (χ3n) is 2.48. The third-order valence-corrected chi connectivity index (χ3v) is 2.48. The van der Waals surface area contributed by atoms with Gasteiger partial charge in [0.2, 0.25) is 0 Å². The lowest BCUT2D eigenvalue weighted by Crippen LogP contribution is -2.04. The summed E-state index contributed by atoms with van der Waals surface area (Å²) in [5.41, 5.74) is 1.58. The number of carbonyl (C=O) groups excluding carboxylic acids is 1. The SMILES string of the molecule is CCCC/C(=C\C#Cc1ccccc1)C(=O)OC. The Morgan fingerprint density at radius 1 is 1.33 bits per heavy atom. The van der Waals surface area contributed by atoms with Gasteiger partial charge >= 0.3 is 5.97 Å². The highest BCUT2D eigenvalue weighted by atomic mass is 16.5. The molecule has 18 heavy (non-hydrogen) atoms. The van der Waals surface area contributed by atoms with Crippen molar-refractivity contribution in [2.45, 2.75) is 26.2 Å². The van der Waals surface area contributed by atoms with Gasteiger partial charge in [-0.25, -0.2) is 4.79 Å². The summed E-state index contributed by atoms with van der Waals surface area (Å²) in [6, 6.07) is 9.69. The Labute approximate surface area is 109 Å². The summed E-state index contributed by atoms with van der Waals surface area (Å²) in [4.78, 5) is 11.5. The van der Waals surface area contributed by atoms with Crippen LogP contribution in [0.1, 0.15) is 31.7 Å². The van der Waals surface area contributed by atoms with Gasteiger partial charge in [0.1, 0.15) is 0 Å². The van der Waals surface area contributed by atoms with Gasteiger partial charge in [0.15, 0.2) is 0 Å². The van der Waals surface area contributed by atoms with Gasteiger partial charge in [-0.15, -0.1) is 0 Å². The molecule has 94 valence electrons. The maximum atomic E-state index is 11.5. The average molecular weight is 242 g/mol. The predicted molar refractivity (Wildman–Crippen MR) is 72.9 cm³/mol. The Hall–Kier alpha value is -2.01. The maximum absolute atomic E-state index is 11.5. The minimum atomic E-state index is -0.286. The molecule has 0 aliphatic rings. The number of hydrogen-bond acceptors (Lipinski definition) is 2. The van der Waals surface area contributed by atoms with Crippen molar-refractivity contribution in [2.75, 3.05) is 7.11 Å². The fraction of sp³-hybridized carbons (Fsp3) is 0.312. The van der Waals surface area contributed by atoms with Crippen LogP contribution in [0.2, 0.25) is 0 Å². The fourth-order valence-corrected chi connectivity index (χ4v) is 1.46. The van der Waals surface area contributed by atoms with Gasteiger partial charge < -0.3 is 4.74 Å². The van der Waals surface area contributed by atoms with Crippen molar-refractivity contribution < 1.29 is 9.53 Å². The van der Waals surface area contributed by atoms with Crippen LogP contribution in [0.25, 0.3) is 0 Å². The molecule has 2 nitrogen and oxygen atoms in total. The number of allylic oxidation sites excluding steroid dienone is 1. The number of methoxy groups -OCH3 is 1. The second kappa shape index (κ2) is 8.14. The Balaban J connectivity index is 2.77. The lowest BCUT2D eigenvalue weighted by Gasteiger charge is -2.01. The number of unbranched alkanes of at least 4 members (excludes halogenated alkanes) is 1. The van der Waals surface area contributed by atoms with Gasteiger partial charge in [0.05, 0.1) is 7.11 Å². The molecular weight excluding hydrogens is 224 g/mol. The van der Waals surface area contributed by atoms with E-state index in [0.717, 1.165) is 18.4 Å². The quantitative estimate of drug-likeness (QED) is 0.460. The molecule has 1 rings (SSSR count). The highest BCUT2D eigenvalue weighted by Gasteiger charge is 2.07. The van der Waals surface area contributed by atoms with Crippen LogP contribution in [-0.2, 0) is 9.53 Å². The molecule has 0 spiro atoms. The summed E-state index contributed by atoms with van der Waals surface area (Å²) in [5, 5.41) is 0. The molecule has 0 heterocycles. The summed E-state index contributed by atoms with van der Waals surface area (Å²) in [7, 11) is 1.40. The molecule has 1 aromatic rings. The highest BCUT2D eigenvalue weighted by molar-refractivity contribution is 5.88. The van der Waals surface area contributed by atoms with Crippen LogP contribution in [0, 0.1) is 11.8 Å². The third kappa shape index (κ3) is 4.88. The summed E-state index contributed by atoms with van der Waals surface area (Å²) < 4.78 is 4.74. The first-order chi connectivity index (χ1) is 8.77. The fourth-order valence-electron chi connectivity index (χ4n) is 1.46. The van der Waals surface area contributed by atoms with Crippen molar-refractivity contribution >= 4 is 5.97 Å². The zero-order valence-corrected chi connectivity index (χ0v) is 10.9. The van der Waals surface area contributed by atoms with E-state index in [9.17, 15) is 4.79 Å². The number of ether oxygens (including phenoxy) is 1. The first kappa shape index (κ1) is 14.1. The lowest BCUT2D eigenvalue weighted by atomic mass is 10.1. The van der Waals surface area contributed by atoms with Gasteiger partial charge in [-0.1, -0.05) is 43.4 Å². The molecule has 0 N–H and O–H groups in total.